The molecule has 0 fully saturated rings. The molecule has 0 aromatic heterocycles. The number of fused-ring (bicyclic) bond motifs is 1. The Bertz CT molecular complexity index is 990. The highest BCUT2D eigenvalue weighted by atomic mass is 19.1. The van der Waals surface area contributed by atoms with Crippen LogP contribution in [0.2, 0.25) is 0 Å². The molecule has 1 atom stereocenters. The first-order valence-corrected chi connectivity index (χ1v) is 9.32. The molecule has 0 radical (unpaired) electrons. The minimum absolute atomic E-state index is 0.237. The third-order valence-corrected chi connectivity index (χ3v) is 4.50. The van der Waals surface area contributed by atoms with Crippen LogP contribution in [0.15, 0.2) is 72.8 Å². The van der Waals surface area contributed by atoms with Crippen LogP contribution in [0.25, 0.3) is 0 Å². The average molecular weight is 393 g/mol. The van der Waals surface area contributed by atoms with Crippen molar-refractivity contribution in [1.82, 2.24) is 5.32 Å². The summed E-state index contributed by atoms with van der Waals surface area (Å²) >= 11 is 0. The lowest BCUT2D eigenvalue weighted by Crippen LogP contribution is -2.40. The fourth-order valence-corrected chi connectivity index (χ4v) is 2.99. The zero-order valence-corrected chi connectivity index (χ0v) is 15.6. The number of amides is 1. The van der Waals surface area contributed by atoms with Gasteiger partial charge in [-0.1, -0.05) is 36.4 Å². The van der Waals surface area contributed by atoms with Crippen molar-refractivity contribution in [3.63, 3.8) is 0 Å². The van der Waals surface area contributed by atoms with Crippen molar-refractivity contribution in [3.8, 4) is 17.2 Å². The molecule has 0 bridgehead atoms. The van der Waals surface area contributed by atoms with E-state index in [0.717, 1.165) is 5.56 Å². The Balaban J connectivity index is 1.36. The first-order valence-electron chi connectivity index (χ1n) is 9.32. The van der Waals surface area contributed by atoms with Crippen molar-refractivity contribution >= 4 is 5.91 Å². The second-order valence-corrected chi connectivity index (χ2v) is 6.62. The van der Waals surface area contributed by atoms with Crippen molar-refractivity contribution < 1.29 is 23.4 Å². The van der Waals surface area contributed by atoms with E-state index < -0.39 is 0 Å². The van der Waals surface area contributed by atoms with E-state index in [2.05, 4.69) is 5.32 Å². The molecule has 148 valence electrons. The van der Waals surface area contributed by atoms with E-state index in [1.807, 2.05) is 24.3 Å². The number of hydrogen-bond acceptors (Lipinski definition) is 4. The minimum atomic E-state index is -0.301. The Morgan fingerprint density at radius 2 is 1.72 bits per heavy atom. The number of halogens is 1. The zero-order valence-electron chi connectivity index (χ0n) is 15.6. The Morgan fingerprint density at radius 1 is 1.00 bits per heavy atom. The van der Waals surface area contributed by atoms with Crippen LogP contribution in [0.4, 0.5) is 4.39 Å². The summed E-state index contributed by atoms with van der Waals surface area (Å²) in [5, 5.41) is 2.87. The number of para-hydroxylation sites is 3. The van der Waals surface area contributed by atoms with E-state index in [4.69, 9.17) is 14.2 Å². The quantitative estimate of drug-likeness (QED) is 0.688. The summed E-state index contributed by atoms with van der Waals surface area (Å²) in [6, 6.07) is 20.5. The molecule has 1 amide bonds. The lowest BCUT2D eigenvalue weighted by atomic mass is 10.1. The molecule has 0 aliphatic carbocycles. The largest absolute Gasteiger partial charge is 0.488 e. The van der Waals surface area contributed by atoms with Crippen molar-refractivity contribution in [3.05, 3.63) is 89.7 Å². The SMILES string of the molecule is O=C(NC[C@H]1COc2ccccc2O1)c1ccccc1OCc1ccc(F)cc1. The normalized spacial score (nSPS) is 14.9. The van der Waals surface area contributed by atoms with Crippen molar-refractivity contribution in [1.29, 1.82) is 0 Å². The summed E-state index contributed by atoms with van der Waals surface area (Å²) in [4.78, 5) is 12.7. The van der Waals surface area contributed by atoms with E-state index in [1.165, 1.54) is 12.1 Å². The van der Waals surface area contributed by atoms with Crippen LogP contribution in [0, 0.1) is 5.82 Å². The van der Waals surface area contributed by atoms with Gasteiger partial charge in [-0.25, -0.2) is 4.39 Å². The van der Waals surface area contributed by atoms with Gasteiger partial charge < -0.3 is 19.5 Å². The van der Waals surface area contributed by atoms with Crippen LogP contribution in [0.3, 0.4) is 0 Å². The van der Waals surface area contributed by atoms with Gasteiger partial charge in [-0.05, 0) is 42.0 Å². The molecular formula is C23H20FNO4. The fourth-order valence-electron chi connectivity index (χ4n) is 2.99. The maximum absolute atomic E-state index is 13.0. The number of hydrogen-bond donors (Lipinski definition) is 1. The highest BCUT2D eigenvalue weighted by Gasteiger charge is 2.22. The number of ether oxygens (including phenoxy) is 3. The van der Waals surface area contributed by atoms with Crippen molar-refractivity contribution in [2.45, 2.75) is 12.7 Å². The van der Waals surface area contributed by atoms with Gasteiger partial charge in [0.15, 0.2) is 11.5 Å². The molecule has 3 aromatic rings. The second-order valence-electron chi connectivity index (χ2n) is 6.62. The number of nitrogens with one attached hydrogen (secondary N) is 1. The van der Waals surface area contributed by atoms with Gasteiger partial charge in [-0.15, -0.1) is 0 Å². The molecule has 4 rings (SSSR count). The van der Waals surface area contributed by atoms with Gasteiger partial charge in [0.05, 0.1) is 12.1 Å². The van der Waals surface area contributed by atoms with Crippen LogP contribution in [0.5, 0.6) is 17.2 Å². The average Bonchev–Trinajstić information content (AvgIpc) is 2.77. The summed E-state index contributed by atoms with van der Waals surface area (Å²) in [6.07, 6.45) is -0.277. The monoisotopic (exact) mass is 393 g/mol. The van der Waals surface area contributed by atoms with E-state index in [9.17, 15) is 9.18 Å². The highest BCUT2D eigenvalue weighted by Crippen LogP contribution is 2.30. The molecule has 3 aromatic carbocycles. The molecule has 1 aliphatic rings. The second kappa shape index (κ2) is 8.65. The minimum Gasteiger partial charge on any atom is -0.488 e. The van der Waals surface area contributed by atoms with Gasteiger partial charge >= 0.3 is 0 Å². The Morgan fingerprint density at radius 3 is 2.55 bits per heavy atom. The molecule has 1 heterocycles. The maximum Gasteiger partial charge on any atom is 0.255 e. The summed E-state index contributed by atoms with van der Waals surface area (Å²) in [5.41, 5.74) is 1.24. The predicted octanol–water partition coefficient (Wildman–Crippen LogP) is 3.97. The lowest BCUT2D eigenvalue weighted by Gasteiger charge is -2.26. The number of carbonyl (C=O) groups excluding carboxylic acids is 1. The van der Waals surface area contributed by atoms with Gasteiger partial charge in [-0.2, -0.15) is 0 Å². The van der Waals surface area contributed by atoms with Crippen LogP contribution < -0.4 is 19.5 Å². The van der Waals surface area contributed by atoms with Crippen LogP contribution >= 0.6 is 0 Å². The highest BCUT2D eigenvalue weighted by molar-refractivity contribution is 5.96. The van der Waals surface area contributed by atoms with Gasteiger partial charge in [0.25, 0.3) is 5.91 Å². The molecule has 0 spiro atoms. The van der Waals surface area contributed by atoms with E-state index in [-0.39, 0.29) is 24.4 Å². The summed E-state index contributed by atoms with van der Waals surface area (Å²) in [5.74, 6) is 1.27. The number of benzene rings is 3. The molecule has 5 nitrogen and oxygen atoms in total. The number of carbonyl (C=O) groups is 1. The van der Waals surface area contributed by atoms with Crippen molar-refractivity contribution in [2.75, 3.05) is 13.2 Å². The topological polar surface area (TPSA) is 56.8 Å². The van der Waals surface area contributed by atoms with E-state index in [1.54, 1.807) is 36.4 Å². The Labute approximate surface area is 168 Å². The fraction of sp³-hybridized carbons (Fsp3) is 0.174. The molecule has 6 heteroatoms. The predicted molar refractivity (Wildman–Crippen MR) is 106 cm³/mol. The van der Waals surface area contributed by atoms with Crippen LogP contribution in [-0.2, 0) is 6.61 Å². The van der Waals surface area contributed by atoms with Crippen LogP contribution in [-0.4, -0.2) is 25.2 Å². The first-order chi connectivity index (χ1) is 14.2. The summed E-state index contributed by atoms with van der Waals surface area (Å²) in [7, 11) is 0. The number of rotatable bonds is 6. The Kier molecular flexibility index (Phi) is 5.61. The molecule has 1 N–H and O–H groups in total. The Hall–Kier alpha value is -3.54. The van der Waals surface area contributed by atoms with Crippen LogP contribution in [0.1, 0.15) is 15.9 Å². The summed E-state index contributed by atoms with van der Waals surface area (Å²) in [6.45, 7) is 0.903. The smallest absolute Gasteiger partial charge is 0.255 e. The van der Waals surface area contributed by atoms with Gasteiger partial charge in [0.1, 0.15) is 30.9 Å². The third-order valence-electron chi connectivity index (χ3n) is 4.50. The lowest BCUT2D eigenvalue weighted by molar-refractivity contribution is 0.0787. The molecule has 1 aliphatic heterocycles. The third kappa shape index (κ3) is 4.66. The molecule has 0 saturated heterocycles. The molecular weight excluding hydrogens is 373 g/mol. The van der Waals surface area contributed by atoms with E-state index in [0.29, 0.717) is 36.0 Å². The maximum atomic E-state index is 13.0. The van der Waals surface area contributed by atoms with Gasteiger partial charge in [0.2, 0.25) is 0 Å². The molecule has 0 saturated carbocycles. The standard InChI is InChI=1S/C23H20FNO4/c24-17-11-9-16(10-12-17)14-27-20-6-2-1-5-19(20)23(26)25-13-18-15-28-21-7-3-4-8-22(21)29-18/h1-12,18H,13-15H2,(H,25,26)/t18-/m0/s1. The van der Waals surface area contributed by atoms with E-state index >= 15 is 0 Å². The van der Waals surface area contributed by atoms with Crippen molar-refractivity contribution in [2.24, 2.45) is 0 Å². The van der Waals surface area contributed by atoms with Gasteiger partial charge in [0, 0.05) is 0 Å². The van der Waals surface area contributed by atoms with Gasteiger partial charge in [-0.3, -0.25) is 4.79 Å². The molecule has 0 unspecified atom stereocenters. The molecule has 29 heavy (non-hydrogen) atoms. The first kappa shape index (κ1) is 18.8. The zero-order chi connectivity index (χ0) is 20.1. The summed E-state index contributed by atoms with van der Waals surface area (Å²) < 4.78 is 30.3.